The van der Waals surface area contributed by atoms with E-state index in [4.69, 9.17) is 28.3 Å². The Kier molecular flexibility index (Phi) is 5.45. The van der Waals surface area contributed by atoms with Gasteiger partial charge in [-0.05, 0) is 35.9 Å². The molecule has 0 aliphatic carbocycles. The van der Waals surface area contributed by atoms with Crippen molar-refractivity contribution in [2.24, 2.45) is 0 Å². The van der Waals surface area contributed by atoms with Gasteiger partial charge in [0, 0.05) is 6.07 Å². The topological polar surface area (TPSA) is 114 Å². The molecule has 2 aromatic carbocycles. The van der Waals surface area contributed by atoms with Gasteiger partial charge in [0.05, 0.1) is 36.0 Å². The second-order valence-corrected chi connectivity index (χ2v) is 8.78. The van der Waals surface area contributed by atoms with Crippen LogP contribution in [0.25, 0.3) is 10.9 Å². The number of nitrogens with one attached hydrogen (secondary N) is 1. The zero-order chi connectivity index (χ0) is 23.8. The average molecular weight is 493 g/mol. The highest BCUT2D eigenvalue weighted by Gasteiger charge is 2.21. The van der Waals surface area contributed by atoms with Crippen LogP contribution >= 0.6 is 11.8 Å². The Bertz CT molecular complexity index is 1480. The van der Waals surface area contributed by atoms with Crippen molar-refractivity contribution in [3.8, 4) is 23.0 Å². The molecule has 1 N–H and O–H groups in total. The van der Waals surface area contributed by atoms with Gasteiger partial charge in [-0.2, -0.15) is 0 Å². The van der Waals surface area contributed by atoms with E-state index in [1.165, 1.54) is 11.8 Å². The van der Waals surface area contributed by atoms with Crippen molar-refractivity contribution in [3.05, 3.63) is 70.4 Å². The molecule has 0 saturated carbocycles. The van der Waals surface area contributed by atoms with Crippen molar-refractivity contribution >= 4 is 28.6 Å². The van der Waals surface area contributed by atoms with Gasteiger partial charge in [0.15, 0.2) is 28.2 Å². The van der Waals surface area contributed by atoms with Crippen molar-refractivity contribution < 1.29 is 28.2 Å². The van der Waals surface area contributed by atoms with Gasteiger partial charge >= 0.3 is 0 Å². The molecule has 0 bridgehead atoms. The fourth-order valence-corrected chi connectivity index (χ4v) is 4.67. The number of fused-ring (bicyclic) bond motifs is 3. The molecule has 2 aromatic heterocycles. The number of hydrogen-bond acceptors (Lipinski definition) is 9. The summed E-state index contributed by atoms with van der Waals surface area (Å²) in [7, 11) is 0. The van der Waals surface area contributed by atoms with E-state index in [9.17, 15) is 9.59 Å². The number of ether oxygens (including phenoxy) is 4. The molecule has 0 radical (unpaired) electrons. The Labute approximate surface area is 202 Å². The van der Waals surface area contributed by atoms with Gasteiger partial charge in [-0.15, -0.1) is 0 Å². The normalized spacial score (nSPS) is 13.4. The SMILES string of the molecule is O=C(CSc1nc2cc3c(cc2c(=O)n1Cc1ccc2c(c1)OCO2)OCO3)NCc1ccco1. The highest BCUT2D eigenvalue weighted by molar-refractivity contribution is 7.99. The van der Waals surface area contributed by atoms with E-state index in [1.807, 2.05) is 18.2 Å². The van der Waals surface area contributed by atoms with Gasteiger partial charge in [-0.3, -0.25) is 14.2 Å². The van der Waals surface area contributed by atoms with E-state index in [2.05, 4.69) is 5.32 Å². The molecule has 2 aliphatic rings. The second-order valence-electron chi connectivity index (χ2n) is 7.84. The minimum atomic E-state index is -0.246. The monoisotopic (exact) mass is 493 g/mol. The zero-order valence-corrected chi connectivity index (χ0v) is 19.1. The highest BCUT2D eigenvalue weighted by Crippen LogP contribution is 2.36. The lowest BCUT2D eigenvalue weighted by atomic mass is 10.2. The molecule has 11 heteroatoms. The Morgan fingerprint density at radius 1 is 1.00 bits per heavy atom. The number of nitrogens with zero attached hydrogens (tertiary/aromatic N) is 2. The molecule has 10 nitrogen and oxygen atoms in total. The summed E-state index contributed by atoms with van der Waals surface area (Å²) in [5.74, 6) is 2.84. The molecule has 0 unspecified atom stereocenters. The predicted molar refractivity (Wildman–Crippen MR) is 125 cm³/mol. The van der Waals surface area contributed by atoms with Crippen LogP contribution < -0.4 is 29.8 Å². The molecule has 0 fully saturated rings. The summed E-state index contributed by atoms with van der Waals surface area (Å²) in [6.45, 7) is 0.778. The summed E-state index contributed by atoms with van der Waals surface area (Å²) >= 11 is 1.18. The van der Waals surface area contributed by atoms with Crippen LogP contribution in [0.15, 0.2) is 63.1 Å². The molecular formula is C24H19N3O7S. The van der Waals surface area contributed by atoms with E-state index in [0.29, 0.717) is 44.8 Å². The summed E-state index contributed by atoms with van der Waals surface area (Å²) in [5, 5.41) is 3.62. The van der Waals surface area contributed by atoms with Crippen LogP contribution in [0.3, 0.4) is 0 Å². The maximum absolute atomic E-state index is 13.6. The molecule has 0 spiro atoms. The summed E-state index contributed by atoms with van der Waals surface area (Å²) < 4.78 is 28.5. The number of carbonyl (C=O) groups excluding carboxylic acids is 1. The van der Waals surface area contributed by atoms with Crippen molar-refractivity contribution in [2.75, 3.05) is 19.3 Å². The number of thioether (sulfide) groups is 1. The second kappa shape index (κ2) is 8.91. The molecule has 0 saturated heterocycles. The van der Waals surface area contributed by atoms with E-state index in [0.717, 1.165) is 5.56 Å². The van der Waals surface area contributed by atoms with Crippen LogP contribution in [-0.4, -0.2) is 34.8 Å². The third-order valence-electron chi connectivity index (χ3n) is 5.56. The molecule has 1 amide bonds. The lowest BCUT2D eigenvalue weighted by molar-refractivity contribution is -0.118. The number of aromatic nitrogens is 2. The fourth-order valence-electron chi connectivity index (χ4n) is 3.84. The Balaban J connectivity index is 1.31. The van der Waals surface area contributed by atoms with Gasteiger partial charge in [0.25, 0.3) is 5.56 Å². The lowest BCUT2D eigenvalue weighted by Crippen LogP contribution is -2.27. The van der Waals surface area contributed by atoms with Crippen LogP contribution in [0.2, 0.25) is 0 Å². The number of carbonyl (C=O) groups is 1. The Hall–Kier alpha value is -4.12. The molecule has 178 valence electrons. The quantitative estimate of drug-likeness (QED) is 0.307. The largest absolute Gasteiger partial charge is 0.467 e. The molecule has 6 rings (SSSR count). The average Bonchev–Trinajstić information content (AvgIpc) is 3.63. The zero-order valence-electron chi connectivity index (χ0n) is 18.3. The molecule has 4 aromatic rings. The van der Waals surface area contributed by atoms with Crippen LogP contribution in [0.5, 0.6) is 23.0 Å². The van der Waals surface area contributed by atoms with E-state index in [1.54, 1.807) is 35.1 Å². The van der Waals surface area contributed by atoms with Gasteiger partial charge in [0.2, 0.25) is 19.5 Å². The van der Waals surface area contributed by atoms with Crippen molar-refractivity contribution in [1.82, 2.24) is 14.9 Å². The molecule has 35 heavy (non-hydrogen) atoms. The van der Waals surface area contributed by atoms with E-state index >= 15 is 0 Å². The molecule has 2 aliphatic heterocycles. The van der Waals surface area contributed by atoms with Crippen LogP contribution in [0.4, 0.5) is 0 Å². The molecule has 0 atom stereocenters. The Morgan fingerprint density at radius 3 is 2.57 bits per heavy atom. The number of benzene rings is 2. The van der Waals surface area contributed by atoms with Gasteiger partial charge in [-0.25, -0.2) is 4.98 Å². The van der Waals surface area contributed by atoms with Crippen LogP contribution in [0.1, 0.15) is 11.3 Å². The number of rotatable bonds is 7. The van der Waals surface area contributed by atoms with Crippen LogP contribution in [-0.2, 0) is 17.9 Å². The number of amides is 1. The third kappa shape index (κ3) is 4.26. The summed E-state index contributed by atoms with van der Waals surface area (Å²) in [6.07, 6.45) is 1.55. The van der Waals surface area contributed by atoms with E-state index in [-0.39, 0.29) is 43.9 Å². The maximum Gasteiger partial charge on any atom is 0.262 e. The minimum absolute atomic E-state index is 0.0738. The summed E-state index contributed by atoms with van der Waals surface area (Å²) in [4.78, 5) is 30.7. The first-order valence-corrected chi connectivity index (χ1v) is 11.8. The standard InChI is InChI=1S/C24H19N3O7S/c28-22(25-9-15-2-1-5-30-15)11-35-24-26-17-8-21-20(33-13-34-21)7-16(17)23(29)27(24)10-14-3-4-18-19(6-14)32-12-31-18/h1-8H,9-13H2,(H,25,28). The number of furan rings is 1. The van der Waals surface area contributed by atoms with Crippen molar-refractivity contribution in [1.29, 1.82) is 0 Å². The van der Waals surface area contributed by atoms with Gasteiger partial charge in [-0.1, -0.05) is 17.8 Å². The smallest absolute Gasteiger partial charge is 0.262 e. The van der Waals surface area contributed by atoms with Gasteiger partial charge in [0.1, 0.15) is 5.76 Å². The molecular weight excluding hydrogens is 474 g/mol. The highest BCUT2D eigenvalue weighted by atomic mass is 32.2. The van der Waals surface area contributed by atoms with E-state index < -0.39 is 0 Å². The predicted octanol–water partition coefficient (Wildman–Crippen LogP) is 2.90. The lowest BCUT2D eigenvalue weighted by Gasteiger charge is -2.14. The van der Waals surface area contributed by atoms with Crippen molar-refractivity contribution in [3.63, 3.8) is 0 Å². The number of hydrogen-bond donors (Lipinski definition) is 1. The summed E-state index contributed by atoms with van der Waals surface area (Å²) in [6, 6.07) is 12.4. The first kappa shape index (κ1) is 21.4. The first-order chi connectivity index (χ1) is 17.1. The van der Waals surface area contributed by atoms with Gasteiger partial charge < -0.3 is 28.7 Å². The molecule has 4 heterocycles. The summed E-state index contributed by atoms with van der Waals surface area (Å²) in [5.41, 5.74) is 1.06. The van der Waals surface area contributed by atoms with Crippen molar-refractivity contribution in [2.45, 2.75) is 18.2 Å². The Morgan fingerprint density at radius 2 is 1.77 bits per heavy atom. The maximum atomic E-state index is 13.6. The van der Waals surface area contributed by atoms with Crippen LogP contribution in [0, 0.1) is 0 Å². The third-order valence-corrected chi connectivity index (χ3v) is 6.54. The minimum Gasteiger partial charge on any atom is -0.467 e. The first-order valence-electron chi connectivity index (χ1n) is 10.8. The fraction of sp³-hybridized carbons (Fsp3) is 0.208.